The van der Waals surface area contributed by atoms with Crippen molar-refractivity contribution < 1.29 is 0 Å². The number of nitrogens with zero attached hydrogens (tertiary/aromatic N) is 3. The van der Waals surface area contributed by atoms with Crippen molar-refractivity contribution in [1.29, 1.82) is 0 Å². The van der Waals surface area contributed by atoms with E-state index in [1.165, 1.54) is 0 Å². The zero-order chi connectivity index (χ0) is 15.0. The molecule has 21 heavy (non-hydrogen) atoms. The third-order valence-electron chi connectivity index (χ3n) is 3.41. The highest BCUT2D eigenvalue weighted by Crippen LogP contribution is 2.30. The second kappa shape index (κ2) is 5.70. The van der Waals surface area contributed by atoms with Gasteiger partial charge in [0.05, 0.1) is 28.3 Å². The smallest absolute Gasteiger partial charge is 0.129 e. The number of rotatable bonds is 3. The molecule has 0 amide bonds. The summed E-state index contributed by atoms with van der Waals surface area (Å²) in [5.41, 5.74) is 4.21. The van der Waals surface area contributed by atoms with Crippen molar-refractivity contribution in [1.82, 2.24) is 9.55 Å². The van der Waals surface area contributed by atoms with Gasteiger partial charge in [-0.3, -0.25) is 4.57 Å². The number of alkyl halides is 1. The van der Waals surface area contributed by atoms with Gasteiger partial charge >= 0.3 is 0 Å². The average molecular weight is 365 g/mol. The van der Waals surface area contributed by atoms with Gasteiger partial charge in [-0.15, -0.1) is 11.6 Å². The normalized spacial score (nSPS) is 11.0. The molecule has 1 aromatic heterocycles. The Balaban J connectivity index is 2.36. The van der Waals surface area contributed by atoms with Gasteiger partial charge in [-0.1, -0.05) is 28.1 Å². The van der Waals surface area contributed by atoms with E-state index >= 15 is 0 Å². The Morgan fingerprint density at radius 3 is 2.67 bits per heavy atom. The molecule has 0 aliphatic rings. The molecular formula is C16H15BrClN3. The first-order valence-corrected chi connectivity index (χ1v) is 7.94. The van der Waals surface area contributed by atoms with Crippen molar-refractivity contribution in [3.63, 3.8) is 0 Å². The Morgan fingerprint density at radius 1 is 1.19 bits per heavy atom. The van der Waals surface area contributed by atoms with Crippen LogP contribution in [0.5, 0.6) is 0 Å². The minimum Gasteiger partial charge on any atom is -0.376 e. The molecule has 0 saturated carbocycles. The highest BCUT2D eigenvalue weighted by molar-refractivity contribution is 9.10. The van der Waals surface area contributed by atoms with E-state index in [4.69, 9.17) is 11.6 Å². The summed E-state index contributed by atoms with van der Waals surface area (Å²) in [6, 6.07) is 14.3. The SMILES string of the molecule is CN(C)c1ccccc1-n1c(CCl)nc2ccc(Br)cc21. The van der Waals surface area contributed by atoms with Gasteiger partial charge in [-0.25, -0.2) is 4.98 Å². The lowest BCUT2D eigenvalue weighted by atomic mass is 10.2. The Bertz CT molecular complexity index is 795. The van der Waals surface area contributed by atoms with E-state index in [9.17, 15) is 0 Å². The van der Waals surface area contributed by atoms with E-state index in [1.54, 1.807) is 0 Å². The predicted molar refractivity (Wildman–Crippen MR) is 92.7 cm³/mol. The number of aromatic nitrogens is 2. The largest absolute Gasteiger partial charge is 0.376 e. The quantitative estimate of drug-likeness (QED) is 0.634. The van der Waals surface area contributed by atoms with Crippen LogP contribution in [0.2, 0.25) is 0 Å². The Labute approximate surface area is 137 Å². The number of halogens is 2. The van der Waals surface area contributed by atoms with Gasteiger partial charge in [0.2, 0.25) is 0 Å². The second-order valence-corrected chi connectivity index (χ2v) is 6.20. The van der Waals surface area contributed by atoms with Gasteiger partial charge in [0, 0.05) is 18.6 Å². The summed E-state index contributed by atoms with van der Waals surface area (Å²) in [4.78, 5) is 6.74. The predicted octanol–water partition coefficient (Wildman–Crippen LogP) is 4.59. The number of para-hydroxylation sites is 2. The summed E-state index contributed by atoms with van der Waals surface area (Å²) in [5.74, 6) is 1.22. The van der Waals surface area contributed by atoms with E-state index in [1.807, 2.05) is 38.4 Å². The van der Waals surface area contributed by atoms with Crippen LogP contribution < -0.4 is 4.90 Å². The lowest BCUT2D eigenvalue weighted by Crippen LogP contribution is -2.13. The van der Waals surface area contributed by atoms with Gasteiger partial charge in [0.25, 0.3) is 0 Å². The Morgan fingerprint density at radius 2 is 1.95 bits per heavy atom. The van der Waals surface area contributed by atoms with Crippen LogP contribution in [-0.4, -0.2) is 23.6 Å². The molecule has 5 heteroatoms. The molecule has 0 N–H and O–H groups in total. The molecule has 0 fully saturated rings. The summed E-state index contributed by atoms with van der Waals surface area (Å²) in [5, 5.41) is 0. The van der Waals surface area contributed by atoms with Crippen molar-refractivity contribution in [3.8, 4) is 5.69 Å². The van der Waals surface area contributed by atoms with Gasteiger partial charge < -0.3 is 4.90 Å². The first-order chi connectivity index (χ1) is 10.1. The van der Waals surface area contributed by atoms with Crippen molar-refractivity contribution in [2.45, 2.75) is 5.88 Å². The molecule has 108 valence electrons. The van der Waals surface area contributed by atoms with Gasteiger partial charge in [-0.2, -0.15) is 0 Å². The van der Waals surface area contributed by atoms with E-state index in [0.29, 0.717) is 5.88 Å². The highest BCUT2D eigenvalue weighted by atomic mass is 79.9. The Kier molecular flexibility index (Phi) is 3.91. The van der Waals surface area contributed by atoms with Crippen LogP contribution in [0.4, 0.5) is 5.69 Å². The van der Waals surface area contributed by atoms with E-state index in [-0.39, 0.29) is 0 Å². The van der Waals surface area contributed by atoms with Gasteiger partial charge in [-0.05, 0) is 30.3 Å². The van der Waals surface area contributed by atoms with Crippen molar-refractivity contribution in [2.75, 3.05) is 19.0 Å². The number of hydrogen-bond donors (Lipinski definition) is 0. The maximum absolute atomic E-state index is 6.12. The summed E-state index contributed by atoms with van der Waals surface area (Å²) in [6.45, 7) is 0. The fraction of sp³-hybridized carbons (Fsp3) is 0.188. The summed E-state index contributed by atoms with van der Waals surface area (Å²) >= 11 is 9.65. The average Bonchev–Trinajstić information content (AvgIpc) is 2.84. The monoisotopic (exact) mass is 363 g/mol. The van der Waals surface area contributed by atoms with E-state index in [2.05, 4.69) is 48.6 Å². The molecule has 3 aromatic rings. The standard InChI is InChI=1S/C16H15BrClN3/c1-20(2)13-5-3-4-6-14(13)21-15-9-11(17)7-8-12(15)19-16(21)10-18/h3-9H,10H2,1-2H3. The molecule has 0 unspecified atom stereocenters. The molecule has 3 nitrogen and oxygen atoms in total. The molecule has 3 rings (SSSR count). The van der Waals surface area contributed by atoms with Crippen LogP contribution in [0.25, 0.3) is 16.7 Å². The zero-order valence-corrected chi connectivity index (χ0v) is 14.2. The van der Waals surface area contributed by atoms with Crippen LogP contribution in [0.15, 0.2) is 46.9 Å². The molecule has 0 spiro atoms. The lowest BCUT2D eigenvalue weighted by Gasteiger charge is -2.19. The number of anilines is 1. The van der Waals surface area contributed by atoms with Crippen molar-refractivity contribution in [2.24, 2.45) is 0 Å². The summed E-state index contributed by atoms with van der Waals surface area (Å²) in [7, 11) is 4.07. The lowest BCUT2D eigenvalue weighted by molar-refractivity contribution is 0.968. The molecule has 0 radical (unpaired) electrons. The molecule has 0 aliphatic heterocycles. The van der Waals surface area contributed by atoms with Crippen LogP contribution >= 0.6 is 27.5 Å². The third-order valence-corrected chi connectivity index (χ3v) is 4.14. The summed E-state index contributed by atoms with van der Waals surface area (Å²) < 4.78 is 3.15. The van der Waals surface area contributed by atoms with E-state index in [0.717, 1.165) is 32.7 Å². The fourth-order valence-corrected chi connectivity index (χ4v) is 3.02. The minimum absolute atomic E-state index is 0.369. The van der Waals surface area contributed by atoms with Crippen LogP contribution in [0.3, 0.4) is 0 Å². The molecular weight excluding hydrogens is 350 g/mol. The topological polar surface area (TPSA) is 21.1 Å². The number of fused-ring (bicyclic) bond motifs is 1. The first kappa shape index (κ1) is 14.4. The molecule has 0 saturated heterocycles. The first-order valence-electron chi connectivity index (χ1n) is 6.61. The maximum Gasteiger partial charge on any atom is 0.129 e. The highest BCUT2D eigenvalue weighted by Gasteiger charge is 2.15. The zero-order valence-electron chi connectivity index (χ0n) is 11.8. The van der Waals surface area contributed by atoms with Crippen LogP contribution in [0, 0.1) is 0 Å². The fourth-order valence-electron chi connectivity index (χ4n) is 2.49. The summed E-state index contributed by atoms with van der Waals surface area (Å²) in [6.07, 6.45) is 0. The second-order valence-electron chi connectivity index (χ2n) is 5.01. The molecule has 1 heterocycles. The third kappa shape index (κ3) is 2.54. The number of benzene rings is 2. The number of imidazole rings is 1. The van der Waals surface area contributed by atoms with Crippen molar-refractivity contribution >= 4 is 44.3 Å². The van der Waals surface area contributed by atoms with E-state index < -0.39 is 0 Å². The van der Waals surface area contributed by atoms with Crippen LogP contribution in [0.1, 0.15) is 5.82 Å². The Hall–Kier alpha value is -1.52. The molecule has 0 atom stereocenters. The maximum atomic E-state index is 6.12. The van der Waals surface area contributed by atoms with Gasteiger partial charge in [0.15, 0.2) is 0 Å². The van der Waals surface area contributed by atoms with Crippen LogP contribution in [-0.2, 0) is 5.88 Å². The molecule has 2 aromatic carbocycles. The van der Waals surface area contributed by atoms with Gasteiger partial charge in [0.1, 0.15) is 5.82 Å². The molecule has 0 bridgehead atoms. The van der Waals surface area contributed by atoms with Crippen molar-refractivity contribution in [3.05, 3.63) is 52.8 Å². The number of hydrogen-bond acceptors (Lipinski definition) is 2. The molecule has 0 aliphatic carbocycles. The minimum atomic E-state index is 0.369.